The molecule has 0 unspecified atom stereocenters. The van der Waals surface area contributed by atoms with Crippen LogP contribution < -0.4 is 0 Å². The number of carbonyl (C=O) groups is 1. The van der Waals surface area contributed by atoms with E-state index in [-0.39, 0.29) is 16.1 Å². The molecule has 86 valence electrons. The molecule has 0 aliphatic rings. The Morgan fingerprint density at radius 3 is 2.35 bits per heavy atom. The summed E-state index contributed by atoms with van der Waals surface area (Å²) >= 11 is 11.9. The number of halogens is 3. The van der Waals surface area contributed by atoms with Gasteiger partial charge in [-0.25, -0.2) is 4.39 Å². The normalized spacial score (nSPS) is 10.3. The zero-order valence-corrected chi connectivity index (χ0v) is 10.1. The van der Waals surface area contributed by atoms with Crippen LogP contribution in [0.15, 0.2) is 36.4 Å². The topological polar surface area (TPSA) is 17.1 Å². The lowest BCUT2D eigenvalue weighted by atomic mass is 10.0. The molecule has 0 bridgehead atoms. The zero-order chi connectivity index (χ0) is 12.4. The van der Waals surface area contributed by atoms with Crippen molar-refractivity contribution in [3.05, 3.63) is 57.8 Å². The molecule has 0 N–H and O–H groups in total. The van der Waals surface area contributed by atoms with Crippen LogP contribution in [0.3, 0.4) is 0 Å². The summed E-state index contributed by atoms with van der Waals surface area (Å²) in [6, 6.07) is 9.51. The van der Waals surface area contributed by atoms with Crippen LogP contribution in [0.2, 0.25) is 10.0 Å². The Kier molecular flexibility index (Phi) is 3.46. The van der Waals surface area contributed by atoms with Crippen molar-refractivity contribution in [1.29, 1.82) is 0 Å². The van der Waals surface area contributed by atoms with Gasteiger partial charge in [-0.1, -0.05) is 47.5 Å². The summed E-state index contributed by atoms with van der Waals surface area (Å²) in [6.45, 7) is 0. The van der Waals surface area contributed by atoms with Crippen molar-refractivity contribution in [1.82, 2.24) is 0 Å². The highest BCUT2D eigenvalue weighted by atomic mass is 35.5. The van der Waals surface area contributed by atoms with Crippen molar-refractivity contribution in [3.63, 3.8) is 0 Å². The van der Waals surface area contributed by atoms with Gasteiger partial charge < -0.3 is 0 Å². The van der Waals surface area contributed by atoms with Crippen LogP contribution in [0.4, 0.5) is 4.39 Å². The summed E-state index contributed by atoms with van der Waals surface area (Å²) in [5.41, 5.74) is 0.737. The number of aldehydes is 1. The van der Waals surface area contributed by atoms with E-state index in [1.54, 1.807) is 30.3 Å². The van der Waals surface area contributed by atoms with Gasteiger partial charge in [0, 0.05) is 11.1 Å². The van der Waals surface area contributed by atoms with Gasteiger partial charge in [0.2, 0.25) is 0 Å². The van der Waals surface area contributed by atoms with Gasteiger partial charge in [-0.05, 0) is 12.1 Å². The molecule has 0 aliphatic heterocycles. The minimum atomic E-state index is -0.591. The lowest BCUT2D eigenvalue weighted by Crippen LogP contribution is -1.92. The van der Waals surface area contributed by atoms with Crippen LogP contribution in [-0.2, 0) is 0 Å². The molecule has 0 heterocycles. The molecular formula is C13H7Cl2FO. The van der Waals surface area contributed by atoms with Crippen molar-refractivity contribution in [3.8, 4) is 11.1 Å². The Morgan fingerprint density at radius 1 is 1.00 bits per heavy atom. The molecular weight excluding hydrogens is 262 g/mol. The molecule has 0 aromatic heterocycles. The van der Waals surface area contributed by atoms with Crippen LogP contribution in [0.1, 0.15) is 10.4 Å². The van der Waals surface area contributed by atoms with E-state index in [4.69, 9.17) is 23.2 Å². The first-order valence-electron chi connectivity index (χ1n) is 4.83. The maximum absolute atomic E-state index is 13.9. The highest BCUT2D eigenvalue weighted by Gasteiger charge is 2.13. The molecule has 1 nitrogen and oxygen atoms in total. The van der Waals surface area contributed by atoms with Crippen molar-refractivity contribution in [2.75, 3.05) is 0 Å². The van der Waals surface area contributed by atoms with Gasteiger partial charge in [0.15, 0.2) is 6.29 Å². The lowest BCUT2D eigenvalue weighted by Gasteiger charge is -2.08. The minimum absolute atomic E-state index is 0.00135. The highest BCUT2D eigenvalue weighted by Crippen LogP contribution is 2.35. The molecule has 0 saturated carbocycles. The summed E-state index contributed by atoms with van der Waals surface area (Å²) in [6.07, 6.45) is 0.470. The van der Waals surface area contributed by atoms with Gasteiger partial charge in [0.25, 0.3) is 0 Å². The molecule has 0 amide bonds. The van der Waals surface area contributed by atoms with Crippen molar-refractivity contribution >= 4 is 29.5 Å². The second kappa shape index (κ2) is 4.86. The van der Waals surface area contributed by atoms with Gasteiger partial charge in [0.1, 0.15) is 5.82 Å². The van der Waals surface area contributed by atoms with Crippen LogP contribution in [-0.4, -0.2) is 6.29 Å². The summed E-state index contributed by atoms with van der Waals surface area (Å²) in [5, 5.41) is 0.621. The first-order valence-corrected chi connectivity index (χ1v) is 5.59. The fourth-order valence-electron chi connectivity index (χ4n) is 1.56. The third-order valence-electron chi connectivity index (χ3n) is 2.40. The minimum Gasteiger partial charge on any atom is -0.298 e. The second-order valence-electron chi connectivity index (χ2n) is 3.43. The molecule has 0 fully saturated rings. The monoisotopic (exact) mass is 268 g/mol. The Balaban J connectivity index is 2.69. The second-order valence-corrected chi connectivity index (χ2v) is 4.21. The van der Waals surface area contributed by atoms with Crippen LogP contribution >= 0.6 is 23.2 Å². The van der Waals surface area contributed by atoms with E-state index < -0.39 is 5.82 Å². The smallest absolute Gasteiger partial charge is 0.153 e. The molecule has 0 aliphatic carbocycles. The third kappa shape index (κ3) is 2.19. The van der Waals surface area contributed by atoms with Gasteiger partial charge >= 0.3 is 0 Å². The first-order chi connectivity index (χ1) is 8.15. The average molecular weight is 269 g/mol. The number of hydrogen-bond acceptors (Lipinski definition) is 1. The molecule has 2 rings (SSSR count). The molecule has 2 aromatic rings. The fraction of sp³-hybridized carbons (Fsp3) is 0. The predicted molar refractivity (Wildman–Crippen MR) is 67.2 cm³/mol. The molecule has 2 aromatic carbocycles. The van der Waals surface area contributed by atoms with Crippen LogP contribution in [0.5, 0.6) is 0 Å². The standard InChI is InChI=1S/C13H7Cl2FO/c14-11-6-2-4-9(12(11)15)10-5-1-3-8(7-17)13(10)16/h1-7H. The van der Waals surface area contributed by atoms with E-state index in [2.05, 4.69) is 0 Å². The number of rotatable bonds is 2. The predicted octanol–water partition coefficient (Wildman–Crippen LogP) is 4.61. The van der Waals surface area contributed by atoms with E-state index in [0.29, 0.717) is 16.9 Å². The number of benzene rings is 2. The van der Waals surface area contributed by atoms with Gasteiger partial charge in [0.05, 0.1) is 15.6 Å². The Bertz CT molecular complexity index is 582. The third-order valence-corrected chi connectivity index (χ3v) is 3.22. The zero-order valence-electron chi connectivity index (χ0n) is 8.58. The SMILES string of the molecule is O=Cc1cccc(-c2cccc(Cl)c2Cl)c1F. The van der Waals surface area contributed by atoms with E-state index >= 15 is 0 Å². The van der Waals surface area contributed by atoms with E-state index in [0.717, 1.165) is 0 Å². The van der Waals surface area contributed by atoms with Gasteiger partial charge in [-0.2, -0.15) is 0 Å². The molecule has 0 atom stereocenters. The van der Waals surface area contributed by atoms with Gasteiger partial charge in [-0.3, -0.25) is 4.79 Å². The summed E-state index contributed by atoms with van der Waals surface area (Å²) < 4.78 is 13.9. The first kappa shape index (κ1) is 12.1. The Hall–Kier alpha value is -1.38. The summed E-state index contributed by atoms with van der Waals surface area (Å²) in [4.78, 5) is 10.7. The molecule has 0 spiro atoms. The van der Waals surface area contributed by atoms with Crippen molar-refractivity contribution in [2.45, 2.75) is 0 Å². The summed E-state index contributed by atoms with van der Waals surface area (Å²) in [5.74, 6) is -0.591. The lowest BCUT2D eigenvalue weighted by molar-refractivity contribution is 0.112. The maximum atomic E-state index is 13.9. The molecule has 17 heavy (non-hydrogen) atoms. The van der Waals surface area contributed by atoms with Crippen LogP contribution in [0.25, 0.3) is 11.1 Å². The van der Waals surface area contributed by atoms with E-state index in [9.17, 15) is 9.18 Å². The molecule has 0 radical (unpaired) electrons. The maximum Gasteiger partial charge on any atom is 0.153 e. The Morgan fingerprint density at radius 2 is 1.65 bits per heavy atom. The molecule has 0 saturated heterocycles. The summed E-state index contributed by atoms with van der Waals surface area (Å²) in [7, 11) is 0. The van der Waals surface area contributed by atoms with E-state index in [1.165, 1.54) is 6.07 Å². The number of hydrogen-bond donors (Lipinski definition) is 0. The Labute approximate surface area is 108 Å². The average Bonchev–Trinajstić information content (AvgIpc) is 2.33. The molecule has 4 heteroatoms. The largest absolute Gasteiger partial charge is 0.298 e. The fourth-order valence-corrected chi connectivity index (χ4v) is 1.96. The highest BCUT2D eigenvalue weighted by molar-refractivity contribution is 6.43. The quantitative estimate of drug-likeness (QED) is 0.727. The number of carbonyl (C=O) groups excluding carboxylic acids is 1. The van der Waals surface area contributed by atoms with Gasteiger partial charge in [-0.15, -0.1) is 0 Å². The van der Waals surface area contributed by atoms with E-state index in [1.807, 2.05) is 0 Å². The van der Waals surface area contributed by atoms with Crippen molar-refractivity contribution < 1.29 is 9.18 Å². The van der Waals surface area contributed by atoms with Crippen LogP contribution in [0, 0.1) is 5.82 Å². The van der Waals surface area contributed by atoms with Crippen molar-refractivity contribution in [2.24, 2.45) is 0 Å².